The molecule has 3 nitrogen and oxygen atoms in total. The lowest BCUT2D eigenvalue weighted by molar-refractivity contribution is -0.137. The molecule has 2 heterocycles. The topological polar surface area (TPSA) is 50.9 Å². The molecule has 7 heteroatoms. The van der Waals surface area contributed by atoms with Gasteiger partial charge >= 0.3 is 6.18 Å². The summed E-state index contributed by atoms with van der Waals surface area (Å²) in [5, 5.41) is 2.94. The number of nitrogen functional groups attached to an aromatic ring is 1. The standard InChI is InChI=1S/C13H14F3N3S/c1-7-3-4-10(20-7)8(2)18-12-6-9(13(14,15)16)5-11(17)19-12/h3-6,8H,1-2H3,(H3,17,18,19). The Morgan fingerprint density at radius 3 is 2.55 bits per heavy atom. The number of rotatable bonds is 3. The zero-order chi connectivity index (χ0) is 14.9. The van der Waals surface area contributed by atoms with Crippen molar-refractivity contribution in [2.75, 3.05) is 11.1 Å². The lowest BCUT2D eigenvalue weighted by Gasteiger charge is -2.15. The molecule has 2 aromatic heterocycles. The van der Waals surface area contributed by atoms with Crippen molar-refractivity contribution < 1.29 is 13.2 Å². The SMILES string of the molecule is Cc1ccc(C(C)Nc2cc(C(F)(F)F)cc(N)n2)s1. The Hall–Kier alpha value is -1.76. The van der Waals surface area contributed by atoms with Crippen molar-refractivity contribution in [3.63, 3.8) is 0 Å². The van der Waals surface area contributed by atoms with Crippen LogP contribution in [-0.4, -0.2) is 4.98 Å². The van der Waals surface area contributed by atoms with Gasteiger partial charge in [0.1, 0.15) is 11.6 Å². The summed E-state index contributed by atoms with van der Waals surface area (Å²) < 4.78 is 38.1. The number of hydrogen-bond donors (Lipinski definition) is 2. The molecule has 0 aliphatic rings. The van der Waals surface area contributed by atoms with Gasteiger partial charge < -0.3 is 11.1 Å². The van der Waals surface area contributed by atoms with E-state index in [-0.39, 0.29) is 17.7 Å². The fraction of sp³-hybridized carbons (Fsp3) is 0.308. The molecule has 108 valence electrons. The van der Waals surface area contributed by atoms with Crippen LogP contribution in [0.4, 0.5) is 24.8 Å². The molecule has 3 N–H and O–H groups in total. The molecule has 0 bridgehead atoms. The summed E-state index contributed by atoms with van der Waals surface area (Å²) >= 11 is 1.59. The van der Waals surface area contributed by atoms with Gasteiger partial charge in [-0.3, -0.25) is 0 Å². The number of pyridine rings is 1. The smallest absolute Gasteiger partial charge is 0.384 e. The molecular formula is C13H14F3N3S. The summed E-state index contributed by atoms with van der Waals surface area (Å²) in [7, 11) is 0. The number of hydrogen-bond acceptors (Lipinski definition) is 4. The largest absolute Gasteiger partial charge is 0.416 e. The zero-order valence-corrected chi connectivity index (χ0v) is 11.8. The second-order valence-corrected chi connectivity index (χ2v) is 5.80. The normalized spacial score (nSPS) is 13.2. The Balaban J connectivity index is 2.23. The van der Waals surface area contributed by atoms with Gasteiger partial charge in [-0.1, -0.05) is 0 Å². The number of nitrogens with zero attached hydrogens (tertiary/aromatic N) is 1. The molecule has 20 heavy (non-hydrogen) atoms. The summed E-state index contributed by atoms with van der Waals surface area (Å²) in [6, 6.07) is 5.56. The predicted molar refractivity (Wildman–Crippen MR) is 74.7 cm³/mol. The monoisotopic (exact) mass is 301 g/mol. The van der Waals surface area contributed by atoms with Gasteiger partial charge in [0.15, 0.2) is 0 Å². The van der Waals surface area contributed by atoms with Gasteiger partial charge in [0.05, 0.1) is 11.6 Å². The fourth-order valence-corrected chi connectivity index (χ4v) is 2.65. The van der Waals surface area contributed by atoms with Gasteiger partial charge in [-0.05, 0) is 38.1 Å². The van der Waals surface area contributed by atoms with Crippen LogP contribution in [-0.2, 0) is 6.18 Å². The third-order valence-corrected chi connectivity index (χ3v) is 3.91. The Bertz CT molecular complexity index is 607. The summed E-state index contributed by atoms with van der Waals surface area (Å²) in [5.74, 6) is -0.0345. The molecular weight excluding hydrogens is 287 g/mol. The predicted octanol–water partition coefficient (Wildman–Crippen LogP) is 4.23. The molecule has 0 saturated heterocycles. The highest BCUT2D eigenvalue weighted by atomic mass is 32.1. The van der Waals surface area contributed by atoms with E-state index < -0.39 is 11.7 Å². The lowest BCUT2D eigenvalue weighted by Crippen LogP contribution is -2.11. The molecule has 1 atom stereocenters. The van der Waals surface area contributed by atoms with Crippen molar-refractivity contribution in [3.05, 3.63) is 39.6 Å². The van der Waals surface area contributed by atoms with Crippen LogP contribution in [0.3, 0.4) is 0 Å². The van der Waals surface area contributed by atoms with Crippen LogP contribution in [0.2, 0.25) is 0 Å². The van der Waals surface area contributed by atoms with E-state index in [0.29, 0.717) is 0 Å². The molecule has 0 aromatic carbocycles. The molecule has 0 aliphatic heterocycles. The van der Waals surface area contributed by atoms with Crippen LogP contribution >= 0.6 is 11.3 Å². The molecule has 0 fully saturated rings. The van der Waals surface area contributed by atoms with Gasteiger partial charge in [-0.2, -0.15) is 13.2 Å². The Labute approximate surface area is 118 Å². The van der Waals surface area contributed by atoms with Crippen LogP contribution in [0.15, 0.2) is 24.3 Å². The van der Waals surface area contributed by atoms with E-state index in [9.17, 15) is 13.2 Å². The number of nitrogens with two attached hydrogens (primary N) is 1. The minimum atomic E-state index is -4.43. The van der Waals surface area contributed by atoms with Crippen LogP contribution in [0.1, 0.15) is 28.3 Å². The Morgan fingerprint density at radius 1 is 1.30 bits per heavy atom. The van der Waals surface area contributed by atoms with E-state index in [1.807, 2.05) is 26.0 Å². The Kier molecular flexibility index (Phi) is 3.89. The first-order valence-electron chi connectivity index (χ1n) is 5.93. The van der Waals surface area contributed by atoms with Gasteiger partial charge in [0.2, 0.25) is 0 Å². The van der Waals surface area contributed by atoms with Gasteiger partial charge in [-0.25, -0.2) is 4.98 Å². The summed E-state index contributed by atoms with van der Waals surface area (Å²) in [4.78, 5) is 6.06. The second kappa shape index (κ2) is 5.32. The molecule has 1 unspecified atom stereocenters. The van der Waals surface area contributed by atoms with Gasteiger partial charge in [0, 0.05) is 9.75 Å². The molecule has 2 aromatic rings. The number of anilines is 2. The molecule has 0 radical (unpaired) electrons. The highest BCUT2D eigenvalue weighted by Crippen LogP contribution is 2.32. The maximum Gasteiger partial charge on any atom is 0.416 e. The summed E-state index contributed by atoms with van der Waals surface area (Å²) in [6.45, 7) is 3.84. The third kappa shape index (κ3) is 3.41. The molecule has 0 amide bonds. The number of aromatic nitrogens is 1. The van der Waals surface area contributed by atoms with E-state index in [0.717, 1.165) is 21.9 Å². The minimum Gasteiger partial charge on any atom is -0.384 e. The van der Waals surface area contributed by atoms with E-state index in [4.69, 9.17) is 5.73 Å². The Morgan fingerprint density at radius 2 is 2.00 bits per heavy atom. The average Bonchev–Trinajstić information content (AvgIpc) is 2.74. The fourth-order valence-electron chi connectivity index (χ4n) is 1.77. The van der Waals surface area contributed by atoms with Crippen LogP contribution < -0.4 is 11.1 Å². The zero-order valence-electron chi connectivity index (χ0n) is 11.0. The summed E-state index contributed by atoms with van der Waals surface area (Å²) in [6.07, 6.45) is -4.43. The number of thiophene rings is 1. The van der Waals surface area contributed by atoms with Crippen LogP contribution in [0.5, 0.6) is 0 Å². The van der Waals surface area contributed by atoms with Crippen molar-refractivity contribution in [1.82, 2.24) is 4.98 Å². The first-order valence-corrected chi connectivity index (χ1v) is 6.75. The van der Waals surface area contributed by atoms with Gasteiger partial charge in [0.25, 0.3) is 0 Å². The molecule has 0 saturated carbocycles. The number of aryl methyl sites for hydroxylation is 1. The molecule has 0 spiro atoms. The van der Waals surface area contributed by atoms with Gasteiger partial charge in [-0.15, -0.1) is 11.3 Å². The van der Waals surface area contributed by atoms with E-state index in [1.165, 1.54) is 0 Å². The highest BCUT2D eigenvalue weighted by Gasteiger charge is 2.31. The second-order valence-electron chi connectivity index (χ2n) is 4.48. The quantitative estimate of drug-likeness (QED) is 0.892. The van der Waals surface area contributed by atoms with Crippen molar-refractivity contribution in [1.29, 1.82) is 0 Å². The van der Waals surface area contributed by atoms with Crippen molar-refractivity contribution in [3.8, 4) is 0 Å². The van der Waals surface area contributed by atoms with Crippen molar-refractivity contribution in [2.24, 2.45) is 0 Å². The maximum absolute atomic E-state index is 12.7. The van der Waals surface area contributed by atoms with E-state index in [2.05, 4.69) is 10.3 Å². The van der Waals surface area contributed by atoms with Crippen molar-refractivity contribution in [2.45, 2.75) is 26.1 Å². The minimum absolute atomic E-state index is 0.121. The van der Waals surface area contributed by atoms with E-state index >= 15 is 0 Å². The summed E-state index contributed by atoms with van der Waals surface area (Å²) in [5.41, 5.74) is 4.62. The molecule has 2 rings (SSSR count). The first-order chi connectivity index (χ1) is 9.25. The number of nitrogens with one attached hydrogen (secondary N) is 1. The lowest BCUT2D eigenvalue weighted by atomic mass is 10.2. The maximum atomic E-state index is 12.7. The van der Waals surface area contributed by atoms with Crippen LogP contribution in [0.25, 0.3) is 0 Å². The molecule has 0 aliphatic carbocycles. The highest BCUT2D eigenvalue weighted by molar-refractivity contribution is 7.12. The third-order valence-electron chi connectivity index (χ3n) is 2.72. The van der Waals surface area contributed by atoms with Crippen molar-refractivity contribution >= 4 is 23.0 Å². The average molecular weight is 301 g/mol. The first kappa shape index (κ1) is 14.6. The van der Waals surface area contributed by atoms with E-state index in [1.54, 1.807) is 11.3 Å². The number of halogens is 3. The number of alkyl halides is 3. The van der Waals surface area contributed by atoms with Crippen LogP contribution in [0, 0.1) is 6.92 Å².